The van der Waals surface area contributed by atoms with Gasteiger partial charge < -0.3 is 9.30 Å². The first-order valence-corrected chi connectivity index (χ1v) is 9.73. The van der Waals surface area contributed by atoms with Crippen LogP contribution >= 0.6 is 0 Å². The van der Waals surface area contributed by atoms with Gasteiger partial charge in [-0.3, -0.25) is 0 Å². The number of nitrogens with two attached hydrogens (primary N) is 1. The highest BCUT2D eigenvalue weighted by molar-refractivity contribution is 7.89. The Morgan fingerprint density at radius 2 is 2.12 bits per heavy atom. The fourth-order valence-electron chi connectivity index (χ4n) is 3.54. The van der Waals surface area contributed by atoms with E-state index in [1.807, 2.05) is 28.9 Å². The third-order valence-electron chi connectivity index (χ3n) is 4.80. The van der Waals surface area contributed by atoms with Gasteiger partial charge in [-0.2, -0.15) is 0 Å². The Labute approximate surface area is 147 Å². The third-order valence-corrected chi connectivity index (χ3v) is 5.71. The van der Waals surface area contributed by atoms with Crippen molar-refractivity contribution in [3.05, 3.63) is 59.5 Å². The fourth-order valence-corrected chi connectivity index (χ4v) is 4.11. The number of aromatic nitrogens is 2. The molecule has 0 unspecified atom stereocenters. The molecule has 3 aromatic rings. The molecule has 0 bridgehead atoms. The van der Waals surface area contributed by atoms with E-state index in [1.54, 1.807) is 12.1 Å². The number of fused-ring (bicyclic) bond motifs is 2. The van der Waals surface area contributed by atoms with Crippen LogP contribution in [-0.2, 0) is 23.0 Å². The maximum Gasteiger partial charge on any atom is 0.238 e. The number of nitrogens with zero attached hydrogens (tertiary/aromatic N) is 3. The quantitative estimate of drug-likeness (QED) is 0.780. The molecule has 0 spiro atoms. The van der Waals surface area contributed by atoms with E-state index in [4.69, 9.17) is 10.1 Å². The van der Waals surface area contributed by atoms with Gasteiger partial charge >= 0.3 is 0 Å². The molecule has 7 heteroatoms. The molecule has 130 valence electrons. The number of rotatable bonds is 3. The molecule has 2 N–H and O–H groups in total. The number of imidazole rings is 1. The molecule has 4 rings (SSSR count). The standard InChI is InChI=1S/C18H20N4O2S/c1-12-4-3-7-21-10-15(20-18(12)21)11-22-13(2)8-14-9-16(25(19,23)24)5-6-17(14)22/h3-7,9-10,13H,8,11H2,1-2H3,(H2,19,23,24)/t13-/m0/s1. The van der Waals surface area contributed by atoms with E-state index >= 15 is 0 Å². The van der Waals surface area contributed by atoms with Gasteiger partial charge in [0.05, 0.1) is 17.1 Å². The lowest BCUT2D eigenvalue weighted by atomic mass is 10.1. The third kappa shape index (κ3) is 2.79. The van der Waals surface area contributed by atoms with Crippen LogP contribution in [0.15, 0.2) is 47.6 Å². The SMILES string of the molecule is Cc1cccn2cc(CN3c4ccc(S(N)(=O)=O)cc4C[C@@H]3C)nc12. The summed E-state index contributed by atoms with van der Waals surface area (Å²) in [5.41, 5.74) is 5.16. The number of aryl methyl sites for hydroxylation is 1. The number of benzene rings is 1. The van der Waals surface area contributed by atoms with Crippen molar-refractivity contribution in [2.24, 2.45) is 5.14 Å². The second-order valence-corrected chi connectivity index (χ2v) is 8.23. The van der Waals surface area contributed by atoms with Crippen LogP contribution in [0.3, 0.4) is 0 Å². The Balaban J connectivity index is 1.69. The molecule has 0 saturated carbocycles. The molecule has 1 aromatic carbocycles. The van der Waals surface area contributed by atoms with Crippen molar-refractivity contribution in [2.45, 2.75) is 37.8 Å². The van der Waals surface area contributed by atoms with E-state index in [2.05, 4.69) is 24.8 Å². The first-order chi connectivity index (χ1) is 11.8. The molecule has 25 heavy (non-hydrogen) atoms. The van der Waals surface area contributed by atoms with Gasteiger partial charge in [-0.1, -0.05) is 6.07 Å². The van der Waals surface area contributed by atoms with Crippen LogP contribution in [0.4, 0.5) is 5.69 Å². The van der Waals surface area contributed by atoms with Crippen LogP contribution in [0.1, 0.15) is 23.7 Å². The molecule has 0 radical (unpaired) electrons. The van der Waals surface area contributed by atoms with Crippen molar-refractivity contribution in [3.63, 3.8) is 0 Å². The van der Waals surface area contributed by atoms with Crippen molar-refractivity contribution in [1.82, 2.24) is 9.38 Å². The Kier molecular flexibility index (Phi) is 3.59. The number of hydrogen-bond donors (Lipinski definition) is 1. The van der Waals surface area contributed by atoms with Crippen LogP contribution in [0, 0.1) is 6.92 Å². The van der Waals surface area contributed by atoms with Gasteiger partial charge in [-0.25, -0.2) is 18.5 Å². The highest BCUT2D eigenvalue weighted by Gasteiger charge is 2.28. The summed E-state index contributed by atoms with van der Waals surface area (Å²) in [5, 5.41) is 5.25. The van der Waals surface area contributed by atoms with Gasteiger partial charge in [0.25, 0.3) is 0 Å². The van der Waals surface area contributed by atoms with E-state index in [1.165, 1.54) is 0 Å². The van der Waals surface area contributed by atoms with Gasteiger partial charge in [0.2, 0.25) is 10.0 Å². The second kappa shape index (κ2) is 5.57. The van der Waals surface area contributed by atoms with Crippen molar-refractivity contribution in [3.8, 4) is 0 Å². The molecule has 0 saturated heterocycles. The zero-order valence-corrected chi connectivity index (χ0v) is 15.0. The Morgan fingerprint density at radius 1 is 1.32 bits per heavy atom. The summed E-state index contributed by atoms with van der Waals surface area (Å²) < 4.78 is 25.2. The van der Waals surface area contributed by atoms with Crippen LogP contribution in [-0.4, -0.2) is 23.8 Å². The summed E-state index contributed by atoms with van der Waals surface area (Å²) in [6.45, 7) is 4.87. The smallest absolute Gasteiger partial charge is 0.238 e. The van der Waals surface area contributed by atoms with E-state index in [9.17, 15) is 8.42 Å². The zero-order chi connectivity index (χ0) is 17.8. The first-order valence-electron chi connectivity index (χ1n) is 8.18. The van der Waals surface area contributed by atoms with Gasteiger partial charge in [0.15, 0.2) is 0 Å². The molecule has 1 atom stereocenters. The largest absolute Gasteiger partial charge is 0.362 e. The van der Waals surface area contributed by atoms with Crippen molar-refractivity contribution < 1.29 is 8.42 Å². The number of sulfonamides is 1. The molecule has 1 aliphatic heterocycles. The van der Waals surface area contributed by atoms with Crippen LogP contribution in [0.25, 0.3) is 5.65 Å². The summed E-state index contributed by atoms with van der Waals surface area (Å²) in [4.78, 5) is 7.18. The van der Waals surface area contributed by atoms with Crippen molar-refractivity contribution in [1.29, 1.82) is 0 Å². The normalized spacial score (nSPS) is 17.2. The summed E-state index contributed by atoms with van der Waals surface area (Å²) in [5.74, 6) is 0. The molecule has 3 heterocycles. The number of primary sulfonamides is 1. The van der Waals surface area contributed by atoms with E-state index in [0.29, 0.717) is 6.54 Å². The maximum absolute atomic E-state index is 11.6. The lowest BCUT2D eigenvalue weighted by Gasteiger charge is -2.23. The second-order valence-electron chi connectivity index (χ2n) is 6.67. The lowest BCUT2D eigenvalue weighted by Crippen LogP contribution is -2.28. The minimum atomic E-state index is -3.67. The zero-order valence-electron chi connectivity index (χ0n) is 14.2. The molecule has 0 aliphatic carbocycles. The molecule has 2 aromatic heterocycles. The summed E-state index contributed by atoms with van der Waals surface area (Å²) in [6, 6.07) is 9.45. The summed E-state index contributed by atoms with van der Waals surface area (Å²) >= 11 is 0. The first kappa shape index (κ1) is 16.1. The molecular formula is C18H20N4O2S. The summed E-state index contributed by atoms with van der Waals surface area (Å²) in [6.07, 6.45) is 4.84. The van der Waals surface area contributed by atoms with Crippen molar-refractivity contribution in [2.75, 3.05) is 4.90 Å². The Hall–Kier alpha value is -2.38. The number of anilines is 1. The predicted molar refractivity (Wildman–Crippen MR) is 97.1 cm³/mol. The monoisotopic (exact) mass is 356 g/mol. The molecule has 0 fully saturated rings. The maximum atomic E-state index is 11.6. The Morgan fingerprint density at radius 3 is 2.84 bits per heavy atom. The van der Waals surface area contributed by atoms with Crippen molar-refractivity contribution >= 4 is 21.4 Å². The number of pyridine rings is 1. The van der Waals surface area contributed by atoms with Gasteiger partial charge in [-0.15, -0.1) is 0 Å². The fraction of sp³-hybridized carbons (Fsp3) is 0.278. The van der Waals surface area contributed by atoms with Crippen LogP contribution < -0.4 is 10.0 Å². The minimum absolute atomic E-state index is 0.170. The average Bonchev–Trinajstić information content (AvgIpc) is 3.08. The number of hydrogen-bond acceptors (Lipinski definition) is 4. The molecule has 6 nitrogen and oxygen atoms in total. The van der Waals surface area contributed by atoms with E-state index in [-0.39, 0.29) is 10.9 Å². The van der Waals surface area contributed by atoms with Gasteiger partial charge in [-0.05, 0) is 55.7 Å². The van der Waals surface area contributed by atoms with Crippen LogP contribution in [0.5, 0.6) is 0 Å². The highest BCUT2D eigenvalue weighted by Crippen LogP contribution is 2.34. The van der Waals surface area contributed by atoms with E-state index < -0.39 is 10.0 Å². The highest BCUT2D eigenvalue weighted by atomic mass is 32.2. The molecule has 0 amide bonds. The molecular weight excluding hydrogens is 336 g/mol. The Bertz CT molecular complexity index is 1070. The minimum Gasteiger partial charge on any atom is -0.362 e. The van der Waals surface area contributed by atoms with E-state index in [0.717, 1.165) is 34.6 Å². The summed E-state index contributed by atoms with van der Waals surface area (Å²) in [7, 11) is -3.67. The van der Waals surface area contributed by atoms with Gasteiger partial charge in [0.1, 0.15) is 5.65 Å². The van der Waals surface area contributed by atoms with Crippen LogP contribution in [0.2, 0.25) is 0 Å². The lowest BCUT2D eigenvalue weighted by molar-refractivity contribution is 0.597. The topological polar surface area (TPSA) is 80.7 Å². The van der Waals surface area contributed by atoms with Gasteiger partial charge in [0, 0.05) is 24.1 Å². The molecule has 1 aliphatic rings. The predicted octanol–water partition coefficient (Wildman–Crippen LogP) is 2.24. The average molecular weight is 356 g/mol.